The maximum atomic E-state index is 13.8. The van der Waals surface area contributed by atoms with Gasteiger partial charge in [0, 0.05) is 0 Å². The zero-order chi connectivity index (χ0) is 18.7. The van der Waals surface area contributed by atoms with Crippen LogP contribution in [-0.4, -0.2) is 26.4 Å². The molecule has 1 saturated carbocycles. The molecule has 1 aliphatic rings. The molecule has 142 valence electrons. The highest BCUT2D eigenvalue weighted by molar-refractivity contribution is 5.50. The predicted octanol–water partition coefficient (Wildman–Crippen LogP) is 4.24. The van der Waals surface area contributed by atoms with E-state index in [0.717, 1.165) is 44.3 Å². The molecule has 10 heteroatoms. The fourth-order valence-corrected chi connectivity index (χ4v) is 2.86. The van der Waals surface area contributed by atoms with E-state index in [1.165, 1.54) is 0 Å². The van der Waals surface area contributed by atoms with Crippen LogP contribution in [0.2, 0.25) is 0 Å². The highest BCUT2D eigenvalue weighted by atomic mass is 19.4. The topological polar surface area (TPSA) is 64.9 Å². The summed E-state index contributed by atoms with van der Waals surface area (Å²) in [4.78, 5) is 7.62. The number of aromatic nitrogens is 4. The molecule has 2 aromatic heterocycles. The fraction of sp³-hybridized carbons (Fsp3) is 0.562. The Kier molecular flexibility index (Phi) is 5.28. The van der Waals surface area contributed by atoms with Crippen molar-refractivity contribution >= 4 is 11.6 Å². The highest BCUT2D eigenvalue weighted by Gasteiger charge is 2.31. The van der Waals surface area contributed by atoms with Gasteiger partial charge in [-0.15, -0.1) is 13.2 Å². The number of halogens is 4. The highest BCUT2D eigenvalue weighted by Crippen LogP contribution is 2.29. The zero-order valence-corrected chi connectivity index (χ0v) is 14.1. The van der Waals surface area contributed by atoms with Crippen LogP contribution in [0.3, 0.4) is 0 Å². The molecule has 2 heterocycles. The SMILES string of the molecule is CC1CCC(COc2nc(Nc3cnn(C(F)(F)F)c3)ncc2F)CC1. The van der Waals surface area contributed by atoms with Gasteiger partial charge in [0.05, 0.1) is 30.9 Å². The summed E-state index contributed by atoms with van der Waals surface area (Å²) in [5, 5.41) is 5.75. The van der Waals surface area contributed by atoms with E-state index in [1.54, 1.807) is 0 Å². The average molecular weight is 373 g/mol. The van der Waals surface area contributed by atoms with Crippen LogP contribution in [-0.2, 0) is 6.30 Å². The minimum Gasteiger partial charge on any atom is -0.475 e. The lowest BCUT2D eigenvalue weighted by atomic mass is 9.83. The average Bonchev–Trinajstić information content (AvgIpc) is 3.06. The Hall–Kier alpha value is -2.39. The second-order valence-corrected chi connectivity index (χ2v) is 6.55. The molecule has 0 radical (unpaired) electrons. The van der Waals surface area contributed by atoms with Gasteiger partial charge in [-0.3, -0.25) is 0 Å². The number of rotatable bonds is 5. The summed E-state index contributed by atoms with van der Waals surface area (Å²) < 4.78 is 56.8. The second-order valence-electron chi connectivity index (χ2n) is 6.55. The Labute approximate surface area is 147 Å². The van der Waals surface area contributed by atoms with Crippen molar-refractivity contribution < 1.29 is 22.3 Å². The van der Waals surface area contributed by atoms with Crippen LogP contribution in [0.1, 0.15) is 32.6 Å². The van der Waals surface area contributed by atoms with Gasteiger partial charge in [-0.25, -0.2) is 4.98 Å². The quantitative estimate of drug-likeness (QED) is 0.795. The van der Waals surface area contributed by atoms with Crippen LogP contribution in [0.5, 0.6) is 5.88 Å². The standard InChI is InChI=1S/C16H19F4N5O/c1-10-2-4-11(5-3-10)9-26-14-13(17)7-21-15(24-14)23-12-6-22-25(8-12)16(18,19)20/h6-8,10-11H,2-5,9H2,1H3,(H,21,23,24). The molecule has 0 aromatic carbocycles. The van der Waals surface area contributed by atoms with Crippen LogP contribution in [0.4, 0.5) is 29.2 Å². The molecule has 0 spiro atoms. The lowest BCUT2D eigenvalue weighted by molar-refractivity contribution is -0.212. The van der Waals surface area contributed by atoms with Crippen LogP contribution in [0, 0.1) is 17.7 Å². The number of nitrogens with one attached hydrogen (secondary N) is 1. The van der Waals surface area contributed by atoms with Gasteiger partial charge in [-0.05, 0) is 24.7 Å². The van der Waals surface area contributed by atoms with Gasteiger partial charge in [-0.1, -0.05) is 19.8 Å². The lowest BCUT2D eigenvalue weighted by Gasteiger charge is -2.25. The molecule has 26 heavy (non-hydrogen) atoms. The molecular formula is C16H19F4N5O. The Morgan fingerprint density at radius 2 is 1.96 bits per heavy atom. The van der Waals surface area contributed by atoms with Crippen molar-refractivity contribution in [2.75, 3.05) is 11.9 Å². The fourth-order valence-electron chi connectivity index (χ4n) is 2.86. The molecule has 1 aliphatic carbocycles. The van der Waals surface area contributed by atoms with Gasteiger partial charge >= 0.3 is 6.30 Å². The Morgan fingerprint density at radius 1 is 1.23 bits per heavy atom. The predicted molar refractivity (Wildman–Crippen MR) is 85.4 cm³/mol. The largest absolute Gasteiger partial charge is 0.504 e. The van der Waals surface area contributed by atoms with Gasteiger partial charge in [0.2, 0.25) is 11.8 Å². The molecule has 0 bridgehead atoms. The van der Waals surface area contributed by atoms with Gasteiger partial charge in [0.15, 0.2) is 0 Å². The van der Waals surface area contributed by atoms with Crippen molar-refractivity contribution in [1.82, 2.24) is 19.7 Å². The van der Waals surface area contributed by atoms with Gasteiger partial charge in [0.1, 0.15) is 0 Å². The maximum Gasteiger partial charge on any atom is 0.504 e. The van der Waals surface area contributed by atoms with Crippen molar-refractivity contribution in [2.45, 2.75) is 38.9 Å². The van der Waals surface area contributed by atoms with Crippen LogP contribution in [0.15, 0.2) is 18.6 Å². The van der Waals surface area contributed by atoms with E-state index in [1.807, 2.05) is 0 Å². The van der Waals surface area contributed by atoms with Crippen molar-refractivity contribution in [3.05, 3.63) is 24.4 Å². The Morgan fingerprint density at radius 3 is 2.62 bits per heavy atom. The Bertz CT molecular complexity index is 740. The third-order valence-electron chi connectivity index (χ3n) is 4.40. The number of anilines is 2. The summed E-state index contributed by atoms with van der Waals surface area (Å²) >= 11 is 0. The molecule has 3 rings (SSSR count). The first-order chi connectivity index (χ1) is 12.3. The summed E-state index contributed by atoms with van der Waals surface area (Å²) in [6.45, 7) is 2.56. The van der Waals surface area contributed by atoms with E-state index in [4.69, 9.17) is 4.74 Å². The first kappa shape index (κ1) is 18.4. The van der Waals surface area contributed by atoms with E-state index in [2.05, 4.69) is 27.3 Å². The second kappa shape index (κ2) is 7.46. The summed E-state index contributed by atoms with van der Waals surface area (Å²) in [5.74, 6) is 0.0490. The molecule has 1 fully saturated rings. The number of ether oxygens (including phenoxy) is 1. The number of nitrogens with zero attached hydrogens (tertiary/aromatic N) is 4. The molecular weight excluding hydrogens is 354 g/mol. The van der Waals surface area contributed by atoms with E-state index < -0.39 is 12.1 Å². The minimum absolute atomic E-state index is 0.0288. The first-order valence-corrected chi connectivity index (χ1v) is 8.35. The normalized spacial score (nSPS) is 20.8. The molecule has 0 aliphatic heterocycles. The molecule has 0 atom stereocenters. The number of hydrogen-bond acceptors (Lipinski definition) is 5. The maximum absolute atomic E-state index is 13.8. The van der Waals surface area contributed by atoms with E-state index in [0.29, 0.717) is 18.4 Å². The van der Waals surface area contributed by atoms with E-state index in [-0.39, 0.29) is 22.2 Å². The minimum atomic E-state index is -4.62. The zero-order valence-electron chi connectivity index (χ0n) is 14.1. The smallest absolute Gasteiger partial charge is 0.475 e. The number of alkyl halides is 3. The monoisotopic (exact) mass is 373 g/mol. The van der Waals surface area contributed by atoms with Crippen molar-refractivity contribution in [1.29, 1.82) is 0 Å². The summed E-state index contributed by atoms with van der Waals surface area (Å²) in [5.41, 5.74) is 0.0288. The van der Waals surface area contributed by atoms with Gasteiger partial charge in [-0.2, -0.15) is 19.2 Å². The van der Waals surface area contributed by atoms with Gasteiger partial charge in [0.25, 0.3) is 5.88 Å². The Balaban J connectivity index is 1.63. The first-order valence-electron chi connectivity index (χ1n) is 8.35. The lowest BCUT2D eigenvalue weighted by Crippen LogP contribution is -2.19. The molecule has 6 nitrogen and oxygen atoms in total. The van der Waals surface area contributed by atoms with Crippen LogP contribution >= 0.6 is 0 Å². The van der Waals surface area contributed by atoms with E-state index in [9.17, 15) is 17.6 Å². The summed E-state index contributed by atoms with van der Waals surface area (Å²) in [6.07, 6.45) is 2.31. The van der Waals surface area contributed by atoms with Crippen molar-refractivity contribution in [2.24, 2.45) is 11.8 Å². The molecule has 0 amide bonds. The summed E-state index contributed by atoms with van der Waals surface area (Å²) in [7, 11) is 0. The molecule has 0 unspecified atom stereocenters. The van der Waals surface area contributed by atoms with Crippen molar-refractivity contribution in [3.8, 4) is 5.88 Å². The molecule has 1 N–H and O–H groups in total. The number of hydrogen-bond donors (Lipinski definition) is 1. The summed E-state index contributed by atoms with van der Waals surface area (Å²) in [6, 6.07) is 0. The van der Waals surface area contributed by atoms with Crippen LogP contribution < -0.4 is 10.1 Å². The molecule has 0 saturated heterocycles. The van der Waals surface area contributed by atoms with Gasteiger partial charge < -0.3 is 10.1 Å². The van der Waals surface area contributed by atoms with Crippen molar-refractivity contribution in [3.63, 3.8) is 0 Å². The van der Waals surface area contributed by atoms with E-state index >= 15 is 0 Å². The third-order valence-corrected chi connectivity index (χ3v) is 4.40. The third kappa shape index (κ3) is 4.61. The molecule has 2 aromatic rings. The van der Waals surface area contributed by atoms with Crippen LogP contribution in [0.25, 0.3) is 0 Å².